The van der Waals surface area contributed by atoms with Crippen LogP contribution in [0.4, 0.5) is 5.69 Å². The first kappa shape index (κ1) is 21.8. The molecule has 0 spiro atoms. The van der Waals surface area contributed by atoms with Crippen LogP contribution in [0, 0.1) is 0 Å². The number of nitrogens with zero attached hydrogens (tertiary/aromatic N) is 2. The lowest BCUT2D eigenvalue weighted by molar-refractivity contribution is 0.0607. The van der Waals surface area contributed by atoms with Crippen LogP contribution in [0.25, 0.3) is 10.8 Å². The second kappa shape index (κ2) is 10.3. The first-order valence-electron chi connectivity index (χ1n) is 12.1. The zero-order valence-corrected chi connectivity index (χ0v) is 18.8. The van der Waals surface area contributed by atoms with Gasteiger partial charge in [0.25, 0.3) is 11.8 Å². The summed E-state index contributed by atoms with van der Waals surface area (Å²) in [5.74, 6) is -0.271. The Bertz CT molecular complexity index is 911. The molecular weight excluding hydrogens is 386 g/mol. The highest BCUT2D eigenvalue weighted by atomic mass is 16.2. The van der Waals surface area contributed by atoms with Gasteiger partial charge in [-0.25, -0.2) is 0 Å². The van der Waals surface area contributed by atoms with Gasteiger partial charge in [0.1, 0.15) is 0 Å². The molecule has 1 saturated heterocycles. The summed E-state index contributed by atoms with van der Waals surface area (Å²) in [5.41, 5.74) is 2.46. The van der Waals surface area contributed by atoms with Gasteiger partial charge in [-0.05, 0) is 24.6 Å². The minimum absolute atomic E-state index is 0.136. The zero-order chi connectivity index (χ0) is 21.6. The molecule has 2 aromatic rings. The predicted octanol–water partition coefficient (Wildman–Crippen LogP) is 4.99. The molecule has 0 unspecified atom stereocenters. The van der Waals surface area contributed by atoms with Crippen LogP contribution in [0.5, 0.6) is 0 Å². The molecule has 2 aliphatic rings. The molecule has 2 aliphatic heterocycles. The molecule has 1 N–H and O–H groups in total. The van der Waals surface area contributed by atoms with Gasteiger partial charge in [0.15, 0.2) is 0 Å². The van der Waals surface area contributed by atoms with Crippen LogP contribution < -0.4 is 10.2 Å². The van der Waals surface area contributed by atoms with Crippen molar-refractivity contribution < 1.29 is 9.59 Å². The average Bonchev–Trinajstić information content (AvgIpc) is 2.81. The third-order valence-electron chi connectivity index (χ3n) is 6.66. The van der Waals surface area contributed by atoms with Crippen molar-refractivity contribution in [1.29, 1.82) is 0 Å². The van der Waals surface area contributed by atoms with E-state index in [-0.39, 0.29) is 11.8 Å². The van der Waals surface area contributed by atoms with Crippen molar-refractivity contribution in [2.24, 2.45) is 0 Å². The summed E-state index contributed by atoms with van der Waals surface area (Å²) in [6.45, 7) is 6.52. The third kappa shape index (κ3) is 4.62. The Hall–Kier alpha value is -2.40. The minimum Gasteiger partial charge on any atom is -0.368 e. The summed E-state index contributed by atoms with van der Waals surface area (Å²) in [6, 6.07) is 9.88. The van der Waals surface area contributed by atoms with Crippen molar-refractivity contribution in [2.45, 2.75) is 58.3 Å². The number of carbonyl (C=O) groups excluding carboxylic acids is 2. The van der Waals surface area contributed by atoms with Crippen LogP contribution >= 0.6 is 0 Å². The number of hydrogen-bond donors (Lipinski definition) is 1. The van der Waals surface area contributed by atoms with Crippen molar-refractivity contribution >= 4 is 28.3 Å². The molecule has 31 heavy (non-hydrogen) atoms. The van der Waals surface area contributed by atoms with Gasteiger partial charge in [-0.3, -0.25) is 14.5 Å². The van der Waals surface area contributed by atoms with E-state index in [9.17, 15) is 9.59 Å². The Morgan fingerprint density at radius 1 is 0.806 bits per heavy atom. The molecule has 0 bridgehead atoms. The van der Waals surface area contributed by atoms with Crippen molar-refractivity contribution in [3.63, 3.8) is 0 Å². The molecule has 4 rings (SSSR count). The first-order chi connectivity index (χ1) is 15.2. The fourth-order valence-corrected chi connectivity index (χ4v) is 4.92. The zero-order valence-electron chi connectivity index (χ0n) is 18.8. The second-order valence-corrected chi connectivity index (χ2v) is 8.83. The highest BCUT2D eigenvalue weighted by molar-refractivity contribution is 6.26. The number of imide groups is 1. The predicted molar refractivity (Wildman–Crippen MR) is 127 cm³/mol. The molecule has 2 aromatic carbocycles. The van der Waals surface area contributed by atoms with Crippen LogP contribution in [0.3, 0.4) is 0 Å². The van der Waals surface area contributed by atoms with Gasteiger partial charge in [0.05, 0.1) is 0 Å². The van der Waals surface area contributed by atoms with E-state index in [1.165, 1.54) is 43.4 Å². The number of unbranched alkanes of at least 4 members (excludes halogenated alkanes) is 7. The molecule has 0 aromatic heterocycles. The molecular formula is C26H35N3O2. The van der Waals surface area contributed by atoms with Gasteiger partial charge in [-0.2, -0.15) is 0 Å². The molecule has 166 valence electrons. The van der Waals surface area contributed by atoms with E-state index >= 15 is 0 Å². The number of anilines is 1. The van der Waals surface area contributed by atoms with Crippen molar-refractivity contribution in [3.8, 4) is 0 Å². The highest BCUT2D eigenvalue weighted by Crippen LogP contribution is 2.36. The Morgan fingerprint density at radius 2 is 1.45 bits per heavy atom. The Labute approximate surface area is 185 Å². The summed E-state index contributed by atoms with van der Waals surface area (Å²) in [6.07, 6.45) is 9.58. The molecule has 0 saturated carbocycles. The van der Waals surface area contributed by atoms with E-state index in [1.807, 2.05) is 18.2 Å². The van der Waals surface area contributed by atoms with E-state index in [2.05, 4.69) is 29.3 Å². The largest absolute Gasteiger partial charge is 0.368 e. The average molecular weight is 422 g/mol. The fourth-order valence-electron chi connectivity index (χ4n) is 4.92. The maximum absolute atomic E-state index is 13.2. The van der Waals surface area contributed by atoms with Crippen LogP contribution in [-0.2, 0) is 0 Å². The molecule has 5 nitrogen and oxygen atoms in total. The second-order valence-electron chi connectivity index (χ2n) is 8.83. The van der Waals surface area contributed by atoms with E-state index in [0.29, 0.717) is 17.7 Å². The maximum atomic E-state index is 13.2. The molecule has 0 atom stereocenters. The molecule has 2 amide bonds. The number of hydrogen-bond acceptors (Lipinski definition) is 4. The van der Waals surface area contributed by atoms with Crippen LogP contribution in [0.2, 0.25) is 0 Å². The van der Waals surface area contributed by atoms with Crippen molar-refractivity contribution in [2.75, 3.05) is 37.6 Å². The SMILES string of the molecule is CCCCCCCCCCN1C(=O)c2cccc3c(N4CCNCC4)ccc(c23)C1=O. The van der Waals surface area contributed by atoms with Gasteiger partial charge >= 0.3 is 0 Å². The Kier molecular flexibility index (Phi) is 7.23. The normalized spacial score (nSPS) is 16.4. The summed E-state index contributed by atoms with van der Waals surface area (Å²) in [4.78, 5) is 30.3. The Morgan fingerprint density at radius 3 is 2.16 bits per heavy atom. The maximum Gasteiger partial charge on any atom is 0.261 e. The quantitative estimate of drug-likeness (QED) is 0.434. The highest BCUT2D eigenvalue weighted by Gasteiger charge is 2.33. The lowest BCUT2D eigenvalue weighted by atomic mass is 9.92. The van der Waals surface area contributed by atoms with Gasteiger partial charge < -0.3 is 10.2 Å². The van der Waals surface area contributed by atoms with Crippen LogP contribution in [0.1, 0.15) is 79.0 Å². The number of benzene rings is 2. The number of carbonyl (C=O) groups is 2. The standard InChI is InChI=1S/C26H35N3O2/c1-2-3-4-5-6-7-8-9-17-29-25(30)21-12-10-11-20-23(28-18-15-27-16-19-28)14-13-22(24(20)21)26(29)31/h10-14,27H,2-9,15-19H2,1H3. The Balaban J connectivity index is 1.47. The van der Waals surface area contributed by atoms with E-state index in [0.717, 1.165) is 55.5 Å². The minimum atomic E-state index is -0.136. The summed E-state index contributed by atoms with van der Waals surface area (Å²) in [7, 11) is 0. The smallest absolute Gasteiger partial charge is 0.261 e. The van der Waals surface area contributed by atoms with Gasteiger partial charge in [-0.1, -0.05) is 64.0 Å². The lowest BCUT2D eigenvalue weighted by Crippen LogP contribution is -2.44. The van der Waals surface area contributed by atoms with Crippen molar-refractivity contribution in [1.82, 2.24) is 10.2 Å². The van der Waals surface area contributed by atoms with Crippen LogP contribution in [0.15, 0.2) is 30.3 Å². The first-order valence-corrected chi connectivity index (χ1v) is 12.1. The number of nitrogens with one attached hydrogen (secondary N) is 1. The summed E-state index contributed by atoms with van der Waals surface area (Å²) in [5, 5.41) is 5.23. The van der Waals surface area contributed by atoms with Crippen molar-refractivity contribution in [3.05, 3.63) is 41.5 Å². The van der Waals surface area contributed by atoms with Gasteiger partial charge in [0.2, 0.25) is 0 Å². The molecule has 0 radical (unpaired) electrons. The number of piperazine rings is 1. The summed E-state index contributed by atoms with van der Waals surface area (Å²) < 4.78 is 0. The topological polar surface area (TPSA) is 52.7 Å². The molecule has 5 heteroatoms. The van der Waals surface area contributed by atoms with E-state index in [1.54, 1.807) is 0 Å². The molecule has 2 heterocycles. The fraction of sp³-hybridized carbons (Fsp3) is 0.538. The number of amides is 2. The monoisotopic (exact) mass is 421 g/mol. The van der Waals surface area contributed by atoms with E-state index in [4.69, 9.17) is 0 Å². The molecule has 0 aliphatic carbocycles. The van der Waals surface area contributed by atoms with Gasteiger partial charge in [-0.15, -0.1) is 0 Å². The summed E-state index contributed by atoms with van der Waals surface area (Å²) >= 11 is 0. The lowest BCUT2D eigenvalue weighted by Gasteiger charge is -2.32. The van der Waals surface area contributed by atoms with Crippen LogP contribution in [-0.4, -0.2) is 49.4 Å². The molecule has 1 fully saturated rings. The van der Waals surface area contributed by atoms with Gasteiger partial charge in [0, 0.05) is 60.3 Å². The number of rotatable bonds is 10. The third-order valence-corrected chi connectivity index (χ3v) is 6.66. The van der Waals surface area contributed by atoms with E-state index < -0.39 is 0 Å².